The summed E-state index contributed by atoms with van der Waals surface area (Å²) >= 11 is 0.562. The molecule has 0 saturated carbocycles. The normalized spacial score (nSPS) is 12.6. The van der Waals surface area contributed by atoms with Crippen molar-refractivity contribution in [3.63, 3.8) is 0 Å². The molecule has 388 valence electrons. The number of aryl methyl sites for hydroxylation is 4. The molecule has 0 aliphatic carbocycles. The molecule has 2 nitrogen and oxygen atoms in total. The van der Waals surface area contributed by atoms with Crippen molar-refractivity contribution in [2.75, 3.05) is 0 Å². The minimum atomic E-state index is 0.562. The average molecular weight is 1040 g/mol. The summed E-state index contributed by atoms with van der Waals surface area (Å²) in [5.41, 5.74) is 24.4. The first kappa shape index (κ1) is 59.2. The first-order chi connectivity index (χ1) is 34.4. The molecule has 0 atom stereocenters. The van der Waals surface area contributed by atoms with Crippen LogP contribution in [0.5, 0.6) is 0 Å². The Kier molecular flexibility index (Phi) is 31.6. The molecule has 0 unspecified atom stereocenters. The van der Waals surface area contributed by atoms with Crippen LogP contribution in [0, 0.1) is 13.8 Å². The summed E-state index contributed by atoms with van der Waals surface area (Å²) in [4.78, 5) is 0. The van der Waals surface area contributed by atoms with Gasteiger partial charge in [0, 0.05) is 22.3 Å². The molecule has 3 heteroatoms. The number of benzene rings is 4. The van der Waals surface area contributed by atoms with Crippen molar-refractivity contribution in [1.82, 2.24) is 0 Å². The number of allylic oxidation sites excluding steroid dienone is 2. The van der Waals surface area contributed by atoms with Crippen LogP contribution < -0.4 is 8.07 Å². The van der Waals surface area contributed by atoms with Gasteiger partial charge in [0.2, 0.25) is 11.4 Å². The van der Waals surface area contributed by atoms with Crippen LogP contribution in [0.4, 0.5) is 0 Å². The van der Waals surface area contributed by atoms with Gasteiger partial charge >= 0.3 is 99.6 Å². The molecule has 1 heterocycles. The van der Waals surface area contributed by atoms with Gasteiger partial charge in [0.25, 0.3) is 0 Å². The van der Waals surface area contributed by atoms with Crippen molar-refractivity contribution in [3.05, 3.63) is 147 Å². The van der Waals surface area contributed by atoms with Crippen molar-refractivity contribution in [1.29, 1.82) is 0 Å². The van der Waals surface area contributed by atoms with Crippen LogP contribution in [-0.2, 0) is 30.8 Å². The van der Waals surface area contributed by atoms with Gasteiger partial charge in [0.05, 0.1) is 0 Å². The second-order valence-electron chi connectivity index (χ2n) is 20.8. The summed E-state index contributed by atoms with van der Waals surface area (Å²) in [6.07, 6.45) is 44.5. The Hall–Kier alpha value is -3.38. The first-order valence-electron chi connectivity index (χ1n) is 29.2. The van der Waals surface area contributed by atoms with E-state index in [1.165, 1.54) is 228 Å². The summed E-state index contributed by atoms with van der Waals surface area (Å²) in [5.74, 6) is 0. The zero-order valence-corrected chi connectivity index (χ0v) is 47.3. The van der Waals surface area contributed by atoms with E-state index < -0.39 is 0 Å². The molecule has 0 N–H and O–H groups in total. The minimum absolute atomic E-state index is 0.562. The van der Waals surface area contributed by atoms with Crippen LogP contribution >= 0.6 is 0 Å². The molecule has 0 bridgehead atoms. The number of nitrogens with zero attached hydrogens (tertiary/aromatic N) is 2. The van der Waals surface area contributed by atoms with E-state index in [-0.39, 0.29) is 0 Å². The van der Waals surface area contributed by atoms with E-state index in [1.807, 2.05) is 0 Å². The van der Waals surface area contributed by atoms with E-state index in [0.29, 0.717) is 18.0 Å². The van der Waals surface area contributed by atoms with Gasteiger partial charge in [-0.2, -0.15) is 0 Å². The Labute approximate surface area is 440 Å². The molecule has 0 amide bonds. The van der Waals surface area contributed by atoms with Gasteiger partial charge in [-0.3, -0.25) is 0 Å². The molecular formula is C67H100N2Pd. The van der Waals surface area contributed by atoms with E-state index >= 15 is 0 Å². The van der Waals surface area contributed by atoms with Crippen LogP contribution in [-0.4, -0.2) is 4.70 Å². The topological polar surface area (TPSA) is 25.3 Å². The maximum atomic E-state index is 12.0. The monoisotopic (exact) mass is 1040 g/mol. The summed E-state index contributed by atoms with van der Waals surface area (Å²) in [6, 6.07) is 35.6. The van der Waals surface area contributed by atoms with Crippen molar-refractivity contribution in [2.45, 2.75) is 253 Å². The fourth-order valence-electron chi connectivity index (χ4n) is 10.1. The van der Waals surface area contributed by atoms with E-state index in [4.69, 9.17) is 0 Å². The van der Waals surface area contributed by atoms with Gasteiger partial charge in [-0.05, 0) is 80.3 Å². The maximum absolute atomic E-state index is 12.0. The van der Waals surface area contributed by atoms with Gasteiger partial charge in [-0.25, -0.2) is 4.70 Å². The first-order valence-corrected chi connectivity index (χ1v) is 30.8. The summed E-state index contributed by atoms with van der Waals surface area (Å²) in [5, 5.41) is 0. The Balaban J connectivity index is 0.000000597. The zero-order valence-electron chi connectivity index (χ0n) is 45.8. The molecule has 5 rings (SSSR count). The van der Waals surface area contributed by atoms with Gasteiger partial charge in [0.15, 0.2) is 0 Å². The molecule has 1 aliphatic rings. The quantitative estimate of drug-likeness (QED) is 0.0244. The van der Waals surface area contributed by atoms with Crippen LogP contribution in [0.2, 0.25) is 0 Å². The van der Waals surface area contributed by atoms with Crippen LogP contribution in [0.15, 0.2) is 108 Å². The van der Waals surface area contributed by atoms with E-state index in [9.17, 15) is 5.53 Å². The molecule has 0 saturated heterocycles. The Morgan fingerprint density at radius 2 is 0.686 bits per heavy atom. The average Bonchev–Trinajstić information content (AvgIpc) is 3.67. The summed E-state index contributed by atoms with van der Waals surface area (Å²) in [6.45, 7) is 13.3. The predicted molar refractivity (Wildman–Crippen MR) is 305 cm³/mol. The third-order valence-corrected chi connectivity index (χ3v) is 16.4. The molecule has 4 aromatic carbocycles. The third-order valence-electron chi connectivity index (χ3n) is 14.4. The van der Waals surface area contributed by atoms with Crippen LogP contribution in [0.3, 0.4) is 0 Å². The van der Waals surface area contributed by atoms with Crippen molar-refractivity contribution in [3.8, 4) is 0 Å². The van der Waals surface area contributed by atoms with E-state index in [2.05, 4.69) is 139 Å². The molecule has 0 spiro atoms. The summed E-state index contributed by atoms with van der Waals surface area (Å²) < 4.78 is 4.42. The molecule has 70 heavy (non-hydrogen) atoms. The molecule has 0 radical (unpaired) electrons. The van der Waals surface area contributed by atoms with Crippen molar-refractivity contribution >= 4 is 19.5 Å². The van der Waals surface area contributed by atoms with E-state index in [0.717, 1.165) is 48.2 Å². The molecular weight excluding hydrogens is 939 g/mol. The van der Waals surface area contributed by atoms with Crippen LogP contribution in [0.1, 0.15) is 260 Å². The van der Waals surface area contributed by atoms with Gasteiger partial charge < -0.3 is 5.53 Å². The molecule has 0 fully saturated rings. The molecule has 0 aromatic heterocycles. The third kappa shape index (κ3) is 23.4. The van der Waals surface area contributed by atoms with Crippen LogP contribution in [0.25, 0.3) is 16.9 Å². The Bertz CT molecular complexity index is 2010. The fraction of sp³-hybridized carbons (Fsp3) is 0.582. The fourth-order valence-corrected chi connectivity index (χ4v) is 11.7. The second-order valence-corrected chi connectivity index (χ2v) is 22.9. The number of hydrogen-bond acceptors (Lipinski definition) is 0. The number of unbranched alkanes of at least 4 members (excludes halogenated alkanes) is 26. The number of hydrogen-bond donors (Lipinski definition) is 0. The van der Waals surface area contributed by atoms with Gasteiger partial charge in [-0.15, -0.1) is 0 Å². The molecule has 4 aromatic rings. The van der Waals surface area contributed by atoms with Crippen molar-refractivity contribution in [2.24, 2.45) is 0 Å². The van der Waals surface area contributed by atoms with Gasteiger partial charge in [0.1, 0.15) is 0 Å². The Morgan fingerprint density at radius 3 is 1.03 bits per heavy atom. The number of rotatable bonds is 37. The van der Waals surface area contributed by atoms with Gasteiger partial charge in [-0.1, -0.05) is 219 Å². The summed E-state index contributed by atoms with van der Waals surface area (Å²) in [7, 11) is 0. The van der Waals surface area contributed by atoms with E-state index in [1.54, 1.807) is 4.70 Å². The predicted octanol–water partition coefficient (Wildman–Crippen LogP) is 20.5. The molecule has 1 aliphatic heterocycles. The SMILES string of the molecule is CCCCCCCCCCCCCCCCCCCCCCCCCCCC1=C(c2cccc(CCCC)c2)[N+](=[N-])C(c2cccc(CCCC)c2)=C1CC.Cc1cc[c]([Pd][c]2ccc(C)cc2)cc1. The second kappa shape index (κ2) is 37.4. The zero-order chi connectivity index (χ0) is 49.9. The standard InChI is InChI=1S/C53H86N2.2C7H7.Pd/c1-5-9-12-13-14-15-16-17-18-19-20-21-22-23-24-25-26-27-28-29-30-31-32-33-34-43-51-50(8-4)52(48-41-35-39-46(44-48)37-10-6-2)55(54)53(51)49-42-36-40-47(45-49)38-11-7-3;2*1-7-5-3-2-4-6-7;/h35-36,39-42,44-45H,5-34,37-38,43H2,1-4H3;2*3-6H,1H3;. The van der Waals surface area contributed by atoms with Crippen molar-refractivity contribution < 1.29 is 22.7 Å². The Morgan fingerprint density at radius 1 is 0.357 bits per heavy atom.